The number of aromatic nitrogens is 3. The van der Waals surface area contributed by atoms with E-state index in [-0.39, 0.29) is 12.1 Å². The van der Waals surface area contributed by atoms with Crippen molar-refractivity contribution in [1.29, 1.82) is 0 Å². The molecule has 2 heterocycles. The van der Waals surface area contributed by atoms with Gasteiger partial charge in [0.1, 0.15) is 12.7 Å². The average molecular weight is 315 g/mol. The van der Waals surface area contributed by atoms with Crippen molar-refractivity contribution in [2.45, 2.75) is 26.1 Å². The Bertz CT molecular complexity index is 644. The van der Waals surface area contributed by atoms with Gasteiger partial charge in [-0.1, -0.05) is 24.3 Å². The molecule has 23 heavy (non-hydrogen) atoms. The number of carbonyl (C=O) groups excluding carboxylic acids is 1. The lowest BCUT2D eigenvalue weighted by molar-refractivity contribution is -0.00352. The Kier molecular flexibility index (Phi) is 4.87. The smallest absolute Gasteiger partial charge is 0.317 e. The zero-order valence-corrected chi connectivity index (χ0v) is 13.2. The molecule has 3 rings (SSSR count). The summed E-state index contributed by atoms with van der Waals surface area (Å²) in [5.41, 5.74) is 2.20. The zero-order chi connectivity index (χ0) is 16.1. The minimum absolute atomic E-state index is 0.0456. The summed E-state index contributed by atoms with van der Waals surface area (Å²) >= 11 is 0. The first-order chi connectivity index (χ1) is 11.2. The molecule has 1 aromatic carbocycles. The number of morpholine rings is 1. The molecule has 1 atom stereocenters. The van der Waals surface area contributed by atoms with Crippen LogP contribution in [0.3, 0.4) is 0 Å². The Morgan fingerprint density at radius 2 is 2.22 bits per heavy atom. The van der Waals surface area contributed by atoms with E-state index in [4.69, 9.17) is 4.74 Å². The second-order valence-electron chi connectivity index (χ2n) is 5.65. The number of benzene rings is 1. The molecule has 7 nitrogen and oxygen atoms in total. The highest BCUT2D eigenvalue weighted by Crippen LogP contribution is 2.11. The number of hydrogen-bond acceptors (Lipinski definition) is 4. The van der Waals surface area contributed by atoms with E-state index in [1.807, 2.05) is 31.2 Å². The number of hydrogen-bond donors (Lipinski definition) is 1. The quantitative estimate of drug-likeness (QED) is 0.922. The van der Waals surface area contributed by atoms with Crippen LogP contribution in [0, 0.1) is 0 Å². The predicted molar refractivity (Wildman–Crippen MR) is 84.8 cm³/mol. The van der Waals surface area contributed by atoms with Gasteiger partial charge in [-0.05, 0) is 18.1 Å². The molecule has 2 aromatic rings. The SMILES string of the molecule is C[C@@H]1CN(C(=O)NCc2ccccc2Cn2cncn2)CCO1. The van der Waals surface area contributed by atoms with Gasteiger partial charge in [-0.3, -0.25) is 0 Å². The van der Waals surface area contributed by atoms with E-state index in [1.165, 1.54) is 6.33 Å². The number of amides is 2. The van der Waals surface area contributed by atoms with Crippen molar-refractivity contribution in [2.75, 3.05) is 19.7 Å². The molecule has 1 saturated heterocycles. The Labute approximate surface area is 135 Å². The van der Waals surface area contributed by atoms with Crippen LogP contribution in [0.15, 0.2) is 36.9 Å². The van der Waals surface area contributed by atoms with E-state index in [1.54, 1.807) is 15.9 Å². The molecule has 0 unspecified atom stereocenters. The first-order valence-corrected chi connectivity index (χ1v) is 7.76. The second kappa shape index (κ2) is 7.23. The Morgan fingerprint density at radius 3 is 2.96 bits per heavy atom. The van der Waals surface area contributed by atoms with Gasteiger partial charge in [0.25, 0.3) is 0 Å². The molecule has 1 N–H and O–H groups in total. The number of nitrogens with zero attached hydrogens (tertiary/aromatic N) is 4. The van der Waals surface area contributed by atoms with Crippen molar-refractivity contribution in [2.24, 2.45) is 0 Å². The molecule has 0 spiro atoms. The number of nitrogens with one attached hydrogen (secondary N) is 1. The minimum atomic E-state index is -0.0456. The van der Waals surface area contributed by atoms with Gasteiger partial charge in [0.05, 0.1) is 19.3 Å². The third kappa shape index (κ3) is 4.07. The number of carbonyl (C=O) groups is 1. The zero-order valence-electron chi connectivity index (χ0n) is 13.2. The summed E-state index contributed by atoms with van der Waals surface area (Å²) in [4.78, 5) is 18.0. The van der Waals surface area contributed by atoms with Gasteiger partial charge in [-0.2, -0.15) is 5.10 Å². The van der Waals surface area contributed by atoms with Crippen molar-refractivity contribution >= 4 is 6.03 Å². The van der Waals surface area contributed by atoms with Crippen molar-refractivity contribution < 1.29 is 9.53 Å². The van der Waals surface area contributed by atoms with Gasteiger partial charge in [0, 0.05) is 19.6 Å². The third-order valence-electron chi connectivity index (χ3n) is 3.88. The highest BCUT2D eigenvalue weighted by molar-refractivity contribution is 5.74. The van der Waals surface area contributed by atoms with Crippen molar-refractivity contribution in [3.63, 3.8) is 0 Å². The highest BCUT2D eigenvalue weighted by atomic mass is 16.5. The fourth-order valence-corrected chi connectivity index (χ4v) is 2.66. The van der Waals surface area contributed by atoms with Gasteiger partial charge in [-0.25, -0.2) is 14.5 Å². The summed E-state index contributed by atoms with van der Waals surface area (Å²) in [7, 11) is 0. The van der Waals surface area contributed by atoms with Crippen LogP contribution in [0.1, 0.15) is 18.1 Å². The number of ether oxygens (including phenoxy) is 1. The molecule has 0 bridgehead atoms. The van der Waals surface area contributed by atoms with E-state index >= 15 is 0 Å². The highest BCUT2D eigenvalue weighted by Gasteiger charge is 2.21. The molecule has 1 fully saturated rings. The van der Waals surface area contributed by atoms with Crippen LogP contribution in [0.5, 0.6) is 0 Å². The van der Waals surface area contributed by atoms with E-state index in [0.29, 0.717) is 32.8 Å². The largest absolute Gasteiger partial charge is 0.375 e. The van der Waals surface area contributed by atoms with E-state index in [0.717, 1.165) is 11.1 Å². The molecule has 7 heteroatoms. The molecule has 1 aliphatic heterocycles. The lowest BCUT2D eigenvalue weighted by atomic mass is 10.1. The molecule has 0 saturated carbocycles. The minimum Gasteiger partial charge on any atom is -0.375 e. The Morgan fingerprint density at radius 1 is 1.39 bits per heavy atom. The molecule has 122 valence electrons. The number of rotatable bonds is 4. The van der Waals surface area contributed by atoms with Crippen LogP contribution in [0.2, 0.25) is 0 Å². The molecular weight excluding hydrogens is 294 g/mol. The molecule has 1 aromatic heterocycles. The van der Waals surface area contributed by atoms with E-state index in [2.05, 4.69) is 15.4 Å². The summed E-state index contributed by atoms with van der Waals surface area (Å²) in [6, 6.07) is 7.98. The first kappa shape index (κ1) is 15.5. The Balaban J connectivity index is 1.60. The van der Waals surface area contributed by atoms with Crippen molar-refractivity contribution in [3.05, 3.63) is 48.0 Å². The molecule has 0 aliphatic carbocycles. The van der Waals surface area contributed by atoms with Gasteiger partial charge in [0.15, 0.2) is 0 Å². The van der Waals surface area contributed by atoms with Gasteiger partial charge >= 0.3 is 6.03 Å². The second-order valence-corrected chi connectivity index (χ2v) is 5.65. The van der Waals surface area contributed by atoms with Gasteiger partial charge in [-0.15, -0.1) is 0 Å². The summed E-state index contributed by atoms with van der Waals surface area (Å²) in [5, 5.41) is 7.12. The van der Waals surface area contributed by atoms with E-state index in [9.17, 15) is 4.79 Å². The van der Waals surface area contributed by atoms with Crippen LogP contribution in [0.4, 0.5) is 4.79 Å². The number of urea groups is 1. The summed E-state index contributed by atoms with van der Waals surface area (Å²) in [5.74, 6) is 0. The van der Waals surface area contributed by atoms with Crippen LogP contribution < -0.4 is 5.32 Å². The normalized spacial score (nSPS) is 18.0. The van der Waals surface area contributed by atoms with E-state index < -0.39 is 0 Å². The summed E-state index contributed by atoms with van der Waals surface area (Å²) in [6.45, 7) is 4.98. The molecular formula is C16H21N5O2. The van der Waals surface area contributed by atoms with Gasteiger partial charge < -0.3 is 15.0 Å². The predicted octanol–water partition coefficient (Wildman–Crippen LogP) is 1.26. The first-order valence-electron chi connectivity index (χ1n) is 7.76. The van der Waals surface area contributed by atoms with Crippen molar-refractivity contribution in [3.8, 4) is 0 Å². The fourth-order valence-electron chi connectivity index (χ4n) is 2.66. The summed E-state index contributed by atoms with van der Waals surface area (Å²) in [6.07, 6.45) is 3.29. The maximum Gasteiger partial charge on any atom is 0.317 e. The maximum absolute atomic E-state index is 12.3. The van der Waals surface area contributed by atoms with Crippen LogP contribution in [-0.2, 0) is 17.8 Å². The lowest BCUT2D eigenvalue weighted by Gasteiger charge is -2.31. The van der Waals surface area contributed by atoms with Crippen molar-refractivity contribution in [1.82, 2.24) is 25.0 Å². The topological polar surface area (TPSA) is 72.3 Å². The van der Waals surface area contributed by atoms with Crippen LogP contribution >= 0.6 is 0 Å². The van der Waals surface area contributed by atoms with Gasteiger partial charge in [0.2, 0.25) is 0 Å². The standard InChI is InChI=1S/C16H21N5O2/c1-13-9-20(6-7-23-13)16(22)18-8-14-4-2-3-5-15(14)10-21-12-17-11-19-21/h2-5,11-13H,6-10H2,1H3,(H,18,22)/t13-/m1/s1. The Hall–Kier alpha value is -2.41. The lowest BCUT2D eigenvalue weighted by Crippen LogP contribution is -2.48. The van der Waals surface area contributed by atoms with Crippen LogP contribution in [0.25, 0.3) is 0 Å². The fraction of sp³-hybridized carbons (Fsp3) is 0.438. The summed E-state index contributed by atoms with van der Waals surface area (Å²) < 4.78 is 7.23. The third-order valence-corrected chi connectivity index (χ3v) is 3.88. The van der Waals surface area contributed by atoms with Crippen LogP contribution in [-0.4, -0.2) is 51.5 Å². The molecule has 1 aliphatic rings. The average Bonchev–Trinajstić information content (AvgIpc) is 3.07. The monoisotopic (exact) mass is 315 g/mol. The maximum atomic E-state index is 12.3. The molecule has 0 radical (unpaired) electrons. The molecule has 2 amide bonds.